The Kier molecular flexibility index (Phi) is 12.0. The van der Waals surface area contributed by atoms with Crippen molar-refractivity contribution in [2.75, 3.05) is 29.0 Å². The summed E-state index contributed by atoms with van der Waals surface area (Å²) in [4.78, 5) is 60.5. The van der Waals surface area contributed by atoms with Crippen LogP contribution in [0.2, 0.25) is 5.02 Å². The van der Waals surface area contributed by atoms with Crippen LogP contribution in [0.5, 0.6) is 0 Å². The summed E-state index contributed by atoms with van der Waals surface area (Å²) >= 11 is 6.38. The number of aromatic nitrogens is 3. The number of carbonyl (C=O) groups is 4. The Bertz CT molecular complexity index is 1970. The predicted molar refractivity (Wildman–Crippen MR) is 182 cm³/mol. The van der Waals surface area contributed by atoms with Crippen LogP contribution in [0.25, 0.3) is 0 Å². The summed E-state index contributed by atoms with van der Waals surface area (Å²) in [7, 11) is 0. The van der Waals surface area contributed by atoms with Gasteiger partial charge in [-0.15, -0.1) is 0 Å². The number of hydrogen-bond acceptors (Lipinski definition) is 9. The van der Waals surface area contributed by atoms with Crippen molar-refractivity contribution in [2.24, 2.45) is 5.92 Å². The molecule has 0 unspecified atom stereocenters. The van der Waals surface area contributed by atoms with Gasteiger partial charge in [-0.2, -0.15) is 31.3 Å². The Morgan fingerprint density at radius 2 is 1.58 bits per heavy atom. The summed E-state index contributed by atoms with van der Waals surface area (Å²) in [5.74, 6) is -5.86. The lowest BCUT2D eigenvalue weighted by atomic mass is 9.93. The SMILES string of the molecule is O=C(C(=O)C(F)(F)F)C(F)(F)F.O=C(C[C@@H]1CCCN(C(=O)c2ccccc2)C1)Nc1ccc2cc1CCc1cncc(c1)Nc1ncc(Cl)c(n1)N2. The largest absolute Gasteiger partial charge is 0.458 e. The molecule has 18 heteroatoms. The third-order valence-electron chi connectivity index (χ3n) is 8.14. The average Bonchev–Trinajstić information content (AvgIpc) is 3.12. The highest BCUT2D eigenvalue weighted by atomic mass is 35.5. The van der Waals surface area contributed by atoms with Crippen LogP contribution < -0.4 is 16.0 Å². The molecule has 11 nitrogen and oxygen atoms in total. The third-order valence-corrected chi connectivity index (χ3v) is 8.42. The highest BCUT2D eigenvalue weighted by molar-refractivity contribution is 6.41. The molecule has 4 heterocycles. The lowest BCUT2D eigenvalue weighted by molar-refractivity contribution is -0.193. The number of anilines is 5. The van der Waals surface area contributed by atoms with Crippen LogP contribution >= 0.6 is 11.6 Å². The van der Waals surface area contributed by atoms with Gasteiger partial charge in [0.05, 0.1) is 18.1 Å². The van der Waals surface area contributed by atoms with E-state index in [9.17, 15) is 45.5 Å². The van der Waals surface area contributed by atoms with Gasteiger partial charge in [-0.1, -0.05) is 29.8 Å². The highest BCUT2D eigenvalue weighted by Gasteiger charge is 2.54. The lowest BCUT2D eigenvalue weighted by Gasteiger charge is -2.32. The topological polar surface area (TPSA) is 146 Å². The number of benzene rings is 2. The average molecular weight is 762 g/mol. The molecule has 2 amide bonds. The number of carbonyl (C=O) groups excluding carboxylic acids is 4. The van der Waals surface area contributed by atoms with E-state index in [4.69, 9.17) is 11.6 Å². The maximum atomic E-state index is 13.2. The zero-order valence-electron chi connectivity index (χ0n) is 27.5. The second-order valence-electron chi connectivity index (χ2n) is 12.1. The number of alkyl halides is 6. The van der Waals surface area contributed by atoms with Crippen LogP contribution in [-0.4, -0.2) is 68.7 Å². The van der Waals surface area contributed by atoms with E-state index in [1.807, 2.05) is 65.7 Å². The van der Waals surface area contributed by atoms with E-state index in [2.05, 4.69) is 30.9 Å². The molecule has 2 aromatic carbocycles. The number of fused-ring (bicyclic) bond motifs is 6. The van der Waals surface area contributed by atoms with Gasteiger partial charge in [0, 0.05) is 42.6 Å². The summed E-state index contributed by atoms with van der Waals surface area (Å²) in [5, 5.41) is 10.0. The van der Waals surface area contributed by atoms with Crippen molar-refractivity contribution in [3.05, 3.63) is 94.9 Å². The van der Waals surface area contributed by atoms with E-state index in [1.54, 1.807) is 12.4 Å². The number of rotatable bonds is 5. The smallest absolute Gasteiger partial charge is 0.339 e. The molecule has 2 aromatic heterocycles. The van der Waals surface area contributed by atoms with Crippen molar-refractivity contribution >= 4 is 63.8 Å². The number of piperidine rings is 1. The first-order valence-electron chi connectivity index (χ1n) is 16.1. The molecule has 4 aromatic rings. The molecule has 1 fully saturated rings. The maximum absolute atomic E-state index is 13.2. The molecule has 0 spiro atoms. The molecule has 53 heavy (non-hydrogen) atoms. The molecule has 3 N–H and O–H groups in total. The fourth-order valence-electron chi connectivity index (χ4n) is 5.65. The first kappa shape index (κ1) is 38.6. The van der Waals surface area contributed by atoms with E-state index < -0.39 is 23.9 Å². The number of hydrogen-bond donors (Lipinski definition) is 3. The number of nitrogens with one attached hydrogen (secondary N) is 3. The number of halogens is 7. The summed E-state index contributed by atoms with van der Waals surface area (Å²) in [6.45, 7) is 1.30. The monoisotopic (exact) mass is 761 g/mol. The van der Waals surface area contributed by atoms with Crippen LogP contribution in [-0.2, 0) is 27.2 Å². The summed E-state index contributed by atoms with van der Waals surface area (Å²) < 4.78 is 67.0. The number of likely N-dealkylation sites (tertiary alicyclic amines) is 1. The standard InChI is InChI=1S/C31H30ClN7O2.C4F6O2/c32-26-18-34-31-36-25-13-20(16-33-17-25)8-9-23-15-24(35-29(26)38-31)10-11-27(23)37-28(40)14-21-5-4-12-39(19-21)30(41)22-6-2-1-3-7-22;5-3(6,7)1(11)2(12)4(8,9)10/h1-3,6-7,10-11,13,15-18,21H,4-5,8-9,12,14,19H2,(H,37,40)(H2,34,35,36,38);/t21-;/m0./s1. The Morgan fingerprint density at radius 1 is 0.868 bits per heavy atom. The van der Waals surface area contributed by atoms with E-state index >= 15 is 0 Å². The summed E-state index contributed by atoms with van der Waals surface area (Å²) in [6, 6.07) is 17.2. The molecule has 0 radical (unpaired) electrons. The molecule has 6 rings (SSSR count). The van der Waals surface area contributed by atoms with Gasteiger partial charge in [0.2, 0.25) is 11.9 Å². The second kappa shape index (κ2) is 16.4. The zero-order chi connectivity index (χ0) is 38.3. The van der Waals surface area contributed by atoms with Gasteiger partial charge in [-0.3, -0.25) is 24.2 Å². The molecule has 1 saturated heterocycles. The Labute approximate surface area is 303 Å². The number of aryl methyl sites for hydroxylation is 2. The van der Waals surface area contributed by atoms with Gasteiger partial charge in [-0.25, -0.2) is 4.98 Å². The molecule has 278 valence electrons. The Morgan fingerprint density at radius 3 is 2.28 bits per heavy atom. The minimum atomic E-state index is -5.77. The molecule has 1 atom stereocenters. The van der Waals surface area contributed by atoms with E-state index in [0.717, 1.165) is 47.5 Å². The first-order chi connectivity index (χ1) is 25.1. The molecule has 2 aliphatic heterocycles. The highest BCUT2D eigenvalue weighted by Crippen LogP contribution is 2.30. The number of pyridine rings is 1. The summed E-state index contributed by atoms with van der Waals surface area (Å²) in [5.41, 5.74) is 5.06. The van der Waals surface area contributed by atoms with Crippen molar-refractivity contribution < 1.29 is 45.5 Å². The molecule has 6 bridgehead atoms. The number of amides is 2. The predicted octanol–water partition coefficient (Wildman–Crippen LogP) is 7.24. The van der Waals surface area contributed by atoms with E-state index in [-0.39, 0.29) is 17.7 Å². The third kappa shape index (κ3) is 10.5. The first-order valence-corrected chi connectivity index (χ1v) is 16.4. The van der Waals surface area contributed by atoms with Gasteiger partial charge < -0.3 is 20.9 Å². The van der Waals surface area contributed by atoms with Gasteiger partial charge in [-0.05, 0) is 79.1 Å². The van der Waals surface area contributed by atoms with Crippen molar-refractivity contribution in [1.82, 2.24) is 19.9 Å². The Balaban J connectivity index is 0.000000390. The van der Waals surface area contributed by atoms with Gasteiger partial charge in [0.1, 0.15) is 5.02 Å². The van der Waals surface area contributed by atoms with Crippen LogP contribution in [0.4, 0.5) is 55.2 Å². The lowest BCUT2D eigenvalue weighted by Crippen LogP contribution is -2.40. The number of nitrogens with zero attached hydrogens (tertiary/aromatic N) is 4. The number of ketones is 2. The molecule has 2 aliphatic rings. The van der Waals surface area contributed by atoms with Gasteiger partial charge in [0.15, 0.2) is 5.82 Å². The quantitative estimate of drug-likeness (QED) is 0.142. The molecule has 0 aliphatic carbocycles. The van der Waals surface area contributed by atoms with Gasteiger partial charge >= 0.3 is 23.9 Å². The minimum absolute atomic E-state index is 0.0229. The molecular formula is C35H30ClF6N7O4. The number of Topliss-reactive ketones (excluding diaryl/α,β-unsaturated/α-hetero) is 2. The summed E-state index contributed by atoms with van der Waals surface area (Å²) in [6.07, 6.45) is -2.86. The van der Waals surface area contributed by atoms with Crippen LogP contribution in [0.1, 0.15) is 40.7 Å². The van der Waals surface area contributed by atoms with Crippen molar-refractivity contribution in [3.63, 3.8) is 0 Å². The Hall–Kier alpha value is -5.58. The zero-order valence-corrected chi connectivity index (χ0v) is 28.3. The van der Waals surface area contributed by atoms with Crippen LogP contribution in [0.3, 0.4) is 0 Å². The van der Waals surface area contributed by atoms with Crippen molar-refractivity contribution in [1.29, 1.82) is 0 Å². The van der Waals surface area contributed by atoms with Crippen molar-refractivity contribution in [3.8, 4) is 0 Å². The maximum Gasteiger partial charge on any atom is 0.458 e. The van der Waals surface area contributed by atoms with Gasteiger partial charge in [0.25, 0.3) is 5.91 Å². The minimum Gasteiger partial charge on any atom is -0.339 e. The van der Waals surface area contributed by atoms with Crippen LogP contribution in [0, 0.1) is 5.92 Å². The molecular weight excluding hydrogens is 732 g/mol. The normalized spacial score (nSPS) is 15.5. The second-order valence-corrected chi connectivity index (χ2v) is 12.5. The fourth-order valence-corrected chi connectivity index (χ4v) is 5.79. The van der Waals surface area contributed by atoms with Crippen molar-refractivity contribution in [2.45, 2.75) is 44.5 Å². The fraction of sp³-hybridized carbons (Fsp3) is 0.286. The van der Waals surface area contributed by atoms with E-state index in [1.165, 1.54) is 0 Å². The van der Waals surface area contributed by atoms with E-state index in [0.29, 0.717) is 48.3 Å². The van der Waals surface area contributed by atoms with Crippen LogP contribution in [0.15, 0.2) is 73.2 Å². The molecule has 0 saturated carbocycles.